The third-order valence-electron chi connectivity index (χ3n) is 1.91. The van der Waals surface area contributed by atoms with Crippen molar-refractivity contribution in [3.05, 3.63) is 16.8 Å². The van der Waals surface area contributed by atoms with Crippen LogP contribution in [-0.2, 0) is 0 Å². The summed E-state index contributed by atoms with van der Waals surface area (Å²) in [7, 11) is 0. The van der Waals surface area contributed by atoms with E-state index in [0.717, 1.165) is 0 Å². The predicted octanol–water partition coefficient (Wildman–Crippen LogP) is 0.574. The summed E-state index contributed by atoms with van der Waals surface area (Å²) in [6.07, 6.45) is -0.728. The molecule has 0 radical (unpaired) electrons. The monoisotopic (exact) mass is 226 g/mol. The van der Waals surface area contributed by atoms with E-state index in [0.29, 0.717) is 11.5 Å². The highest BCUT2D eigenvalue weighted by Crippen LogP contribution is 2.18. The largest absolute Gasteiger partial charge is 0.391 e. The van der Waals surface area contributed by atoms with Crippen molar-refractivity contribution in [3.63, 3.8) is 0 Å². The lowest BCUT2D eigenvalue weighted by Crippen LogP contribution is -2.23. The van der Waals surface area contributed by atoms with Gasteiger partial charge in [-0.05, 0) is 6.92 Å². The molecule has 2 aromatic heterocycles. The van der Waals surface area contributed by atoms with Gasteiger partial charge in [0, 0.05) is 5.38 Å². The highest BCUT2D eigenvalue weighted by molar-refractivity contribution is 7.07. The molecule has 80 valence electrons. The summed E-state index contributed by atoms with van der Waals surface area (Å²) in [4.78, 5) is 8.09. The maximum absolute atomic E-state index is 9.25. The highest BCUT2D eigenvalue weighted by atomic mass is 32.1. The molecular weight excluding hydrogens is 216 g/mol. The van der Waals surface area contributed by atoms with Crippen LogP contribution in [0.4, 0.5) is 0 Å². The van der Waals surface area contributed by atoms with Crippen LogP contribution in [0, 0.1) is 0 Å². The molecule has 0 saturated heterocycles. The Hall–Kier alpha value is -1.31. The molecule has 2 aromatic rings. The lowest BCUT2D eigenvalue weighted by molar-refractivity contribution is 0.146. The summed E-state index contributed by atoms with van der Waals surface area (Å²) in [6.45, 7) is 1.57. The normalized spacial score (nSPS) is 15.1. The van der Waals surface area contributed by atoms with Gasteiger partial charge in [0.2, 0.25) is 11.7 Å². The van der Waals surface area contributed by atoms with Gasteiger partial charge in [-0.3, -0.25) is 0 Å². The Balaban J connectivity index is 2.25. The molecule has 0 aromatic carbocycles. The van der Waals surface area contributed by atoms with E-state index in [1.165, 1.54) is 11.3 Å². The van der Waals surface area contributed by atoms with Gasteiger partial charge in [-0.25, -0.2) is 4.98 Å². The summed E-state index contributed by atoms with van der Waals surface area (Å²) >= 11 is 1.44. The Morgan fingerprint density at radius 1 is 1.60 bits per heavy atom. The summed E-state index contributed by atoms with van der Waals surface area (Å²) in [5.41, 5.74) is 7.97. The van der Waals surface area contributed by atoms with Gasteiger partial charge in [0.05, 0.1) is 11.6 Å². The molecule has 0 fully saturated rings. The second kappa shape index (κ2) is 4.05. The first-order valence-corrected chi connectivity index (χ1v) is 5.28. The number of hydrogen-bond donors (Lipinski definition) is 2. The third-order valence-corrected chi connectivity index (χ3v) is 2.49. The van der Waals surface area contributed by atoms with Crippen molar-refractivity contribution < 1.29 is 9.63 Å². The molecule has 0 unspecified atom stereocenters. The van der Waals surface area contributed by atoms with E-state index >= 15 is 0 Å². The van der Waals surface area contributed by atoms with Crippen molar-refractivity contribution in [2.75, 3.05) is 0 Å². The van der Waals surface area contributed by atoms with Crippen LogP contribution >= 0.6 is 11.3 Å². The first-order valence-electron chi connectivity index (χ1n) is 4.34. The van der Waals surface area contributed by atoms with Gasteiger partial charge in [-0.1, -0.05) is 5.16 Å². The molecule has 0 aliphatic rings. The lowest BCUT2D eigenvalue weighted by Gasteiger charge is -2.08. The van der Waals surface area contributed by atoms with Gasteiger partial charge < -0.3 is 15.4 Å². The van der Waals surface area contributed by atoms with Crippen LogP contribution in [0.25, 0.3) is 11.5 Å². The molecule has 3 N–H and O–H groups in total. The van der Waals surface area contributed by atoms with E-state index in [1.807, 2.05) is 5.38 Å². The Labute approximate surface area is 89.8 Å². The zero-order valence-corrected chi connectivity index (χ0v) is 8.81. The molecule has 6 nitrogen and oxygen atoms in total. The molecule has 0 bridgehead atoms. The number of aliphatic hydroxyl groups excluding tert-OH is 1. The van der Waals surface area contributed by atoms with Gasteiger partial charge in [0.15, 0.2) is 0 Å². The van der Waals surface area contributed by atoms with Crippen molar-refractivity contribution in [2.24, 2.45) is 5.73 Å². The molecule has 2 heterocycles. The van der Waals surface area contributed by atoms with Crippen LogP contribution in [0.15, 0.2) is 15.4 Å². The predicted molar refractivity (Wildman–Crippen MR) is 54.0 cm³/mol. The van der Waals surface area contributed by atoms with Crippen LogP contribution in [0.1, 0.15) is 18.9 Å². The Bertz CT molecular complexity index is 426. The smallest absolute Gasteiger partial charge is 0.246 e. The minimum atomic E-state index is -0.728. The van der Waals surface area contributed by atoms with E-state index < -0.39 is 12.1 Å². The second-order valence-electron chi connectivity index (χ2n) is 3.10. The molecule has 0 aliphatic carbocycles. The SMILES string of the molecule is C[C@@H](O)[C@H](N)c1nc(-c2cscn2)no1. The highest BCUT2D eigenvalue weighted by Gasteiger charge is 2.20. The van der Waals surface area contributed by atoms with Crippen molar-refractivity contribution in [2.45, 2.75) is 19.1 Å². The minimum Gasteiger partial charge on any atom is -0.391 e. The van der Waals surface area contributed by atoms with E-state index in [4.69, 9.17) is 10.3 Å². The van der Waals surface area contributed by atoms with Gasteiger partial charge in [-0.15, -0.1) is 11.3 Å². The summed E-state index contributed by atoms with van der Waals surface area (Å²) in [5.74, 6) is 0.607. The number of rotatable bonds is 3. The molecule has 2 rings (SSSR count). The zero-order valence-electron chi connectivity index (χ0n) is 7.99. The molecule has 15 heavy (non-hydrogen) atoms. The fraction of sp³-hybridized carbons (Fsp3) is 0.375. The maximum atomic E-state index is 9.25. The average molecular weight is 226 g/mol. The standard InChI is InChI=1S/C8H10N4O2S/c1-4(13)6(9)8-11-7(12-14-8)5-2-15-3-10-5/h2-4,6,13H,9H2,1H3/t4-,6+/m1/s1. The van der Waals surface area contributed by atoms with Gasteiger partial charge in [0.1, 0.15) is 11.7 Å². The average Bonchev–Trinajstić information content (AvgIpc) is 2.86. The summed E-state index contributed by atoms with van der Waals surface area (Å²) in [6, 6.07) is -0.662. The van der Waals surface area contributed by atoms with Gasteiger partial charge >= 0.3 is 0 Å². The quantitative estimate of drug-likeness (QED) is 0.794. The molecule has 0 aliphatic heterocycles. The fourth-order valence-corrected chi connectivity index (χ4v) is 1.53. The van der Waals surface area contributed by atoms with Gasteiger partial charge in [0.25, 0.3) is 0 Å². The summed E-state index contributed by atoms with van der Waals surface area (Å²) < 4.78 is 4.93. The summed E-state index contributed by atoms with van der Waals surface area (Å²) in [5, 5.41) is 14.8. The number of hydrogen-bond acceptors (Lipinski definition) is 7. The van der Waals surface area contributed by atoms with Crippen LogP contribution in [0.5, 0.6) is 0 Å². The van der Waals surface area contributed by atoms with E-state index in [1.54, 1.807) is 12.4 Å². The first-order chi connectivity index (χ1) is 7.18. The van der Waals surface area contributed by atoms with E-state index in [-0.39, 0.29) is 5.89 Å². The van der Waals surface area contributed by atoms with Gasteiger partial charge in [-0.2, -0.15) is 4.98 Å². The number of nitrogens with zero attached hydrogens (tertiary/aromatic N) is 3. The van der Waals surface area contributed by atoms with Crippen molar-refractivity contribution >= 4 is 11.3 Å². The van der Waals surface area contributed by atoms with E-state index in [2.05, 4.69) is 15.1 Å². The van der Waals surface area contributed by atoms with E-state index in [9.17, 15) is 5.11 Å². The molecule has 0 spiro atoms. The topological polar surface area (TPSA) is 98.1 Å². The van der Waals surface area contributed by atoms with Crippen LogP contribution in [0.3, 0.4) is 0 Å². The second-order valence-corrected chi connectivity index (χ2v) is 3.81. The van der Waals surface area contributed by atoms with Crippen LogP contribution in [0.2, 0.25) is 0 Å². The van der Waals surface area contributed by atoms with Crippen molar-refractivity contribution in [3.8, 4) is 11.5 Å². The fourth-order valence-electron chi connectivity index (χ4n) is 1.00. The Morgan fingerprint density at radius 2 is 2.40 bits per heavy atom. The number of aliphatic hydroxyl groups is 1. The number of aromatic nitrogens is 3. The van der Waals surface area contributed by atoms with Crippen molar-refractivity contribution in [1.82, 2.24) is 15.1 Å². The zero-order chi connectivity index (χ0) is 10.8. The Morgan fingerprint density at radius 3 is 3.00 bits per heavy atom. The third kappa shape index (κ3) is 2.04. The molecule has 2 atom stereocenters. The minimum absolute atomic E-state index is 0.216. The maximum Gasteiger partial charge on any atom is 0.246 e. The first kappa shape index (κ1) is 10.2. The number of thiazole rings is 1. The van der Waals surface area contributed by atoms with Crippen molar-refractivity contribution in [1.29, 1.82) is 0 Å². The molecular formula is C8H10N4O2S. The molecule has 0 saturated carbocycles. The Kier molecular flexibility index (Phi) is 2.76. The van der Waals surface area contributed by atoms with Crippen LogP contribution in [-0.4, -0.2) is 26.3 Å². The lowest BCUT2D eigenvalue weighted by atomic mass is 10.2. The molecule has 7 heteroatoms. The molecule has 0 amide bonds. The van der Waals surface area contributed by atoms with Crippen LogP contribution < -0.4 is 5.73 Å². The number of nitrogens with two attached hydrogens (primary N) is 1.